The van der Waals surface area contributed by atoms with Crippen LogP contribution < -0.4 is 19.6 Å². The van der Waals surface area contributed by atoms with Gasteiger partial charge in [-0.2, -0.15) is 0 Å². The fraction of sp³-hybridized carbons (Fsp3) is 0.172. The third-order valence-electron chi connectivity index (χ3n) is 6.63. The van der Waals surface area contributed by atoms with E-state index in [0.29, 0.717) is 0 Å². The Kier molecular flexibility index (Phi) is 5.34. The first-order chi connectivity index (χ1) is 16.7. The van der Waals surface area contributed by atoms with E-state index in [1.165, 1.54) is 44.6 Å². The fourth-order valence-electron chi connectivity index (χ4n) is 4.92. The third kappa shape index (κ3) is 3.76. The maximum atomic E-state index is 2.39. The van der Waals surface area contributed by atoms with Gasteiger partial charge in [-0.15, -0.1) is 11.8 Å². The zero-order valence-corrected chi connectivity index (χ0v) is 20.4. The van der Waals surface area contributed by atoms with Gasteiger partial charge in [0.05, 0.1) is 36.1 Å². The molecule has 0 amide bonds. The molecular weight excluding hydrogens is 436 g/mol. The van der Waals surface area contributed by atoms with Crippen LogP contribution in [0.5, 0.6) is 0 Å². The molecule has 4 aromatic carbocycles. The Morgan fingerprint density at radius 3 is 1.74 bits per heavy atom. The average molecular weight is 465 g/mol. The largest absolute Gasteiger partial charge is 0.355 e. The minimum absolute atomic E-state index is 0.876. The zero-order valence-electron chi connectivity index (χ0n) is 19.6. The van der Waals surface area contributed by atoms with Crippen LogP contribution >= 0.6 is 11.8 Å². The predicted molar refractivity (Wildman–Crippen MR) is 146 cm³/mol. The van der Waals surface area contributed by atoms with E-state index in [4.69, 9.17) is 0 Å². The van der Waals surface area contributed by atoms with E-state index in [9.17, 15) is 0 Å². The van der Waals surface area contributed by atoms with Crippen LogP contribution in [0.15, 0.2) is 102 Å². The fourth-order valence-corrected chi connectivity index (χ4v) is 5.81. The van der Waals surface area contributed by atoms with Crippen molar-refractivity contribution in [1.82, 2.24) is 0 Å². The molecule has 2 aliphatic heterocycles. The Labute approximate surface area is 206 Å². The van der Waals surface area contributed by atoms with Crippen molar-refractivity contribution >= 4 is 45.9 Å². The second-order valence-corrected chi connectivity index (χ2v) is 10.0. The van der Waals surface area contributed by atoms with Crippen LogP contribution in [-0.2, 0) is 5.75 Å². The molecule has 0 saturated carbocycles. The summed E-state index contributed by atoms with van der Waals surface area (Å²) in [5.41, 5.74) is 8.95. The lowest BCUT2D eigenvalue weighted by Gasteiger charge is -2.21. The number of anilines is 6. The smallest absolute Gasteiger partial charge is 0.0950 e. The summed E-state index contributed by atoms with van der Waals surface area (Å²) in [5, 5.41) is 0. The molecule has 0 spiro atoms. The van der Waals surface area contributed by atoms with Crippen molar-refractivity contribution < 1.29 is 0 Å². The quantitative estimate of drug-likeness (QED) is 0.292. The molecular formula is C29H28N4S. The normalized spacial score (nSPS) is 14.5. The van der Waals surface area contributed by atoms with E-state index >= 15 is 0 Å². The summed E-state index contributed by atoms with van der Waals surface area (Å²) in [6.07, 6.45) is 0. The summed E-state index contributed by atoms with van der Waals surface area (Å²) in [7, 11) is 4.31. The summed E-state index contributed by atoms with van der Waals surface area (Å²) >= 11 is 1.90. The summed E-state index contributed by atoms with van der Waals surface area (Å²) in [4.78, 5) is 10.7. The molecule has 4 nitrogen and oxygen atoms in total. The Hall–Kier alpha value is -3.57. The molecule has 2 aliphatic rings. The zero-order chi connectivity index (χ0) is 23.1. The highest BCUT2D eigenvalue weighted by atomic mass is 32.2. The molecule has 5 heteroatoms. The number of fused-ring (bicyclic) bond motifs is 2. The van der Waals surface area contributed by atoms with Crippen LogP contribution in [0.3, 0.4) is 0 Å². The lowest BCUT2D eigenvalue weighted by atomic mass is 10.2. The second kappa shape index (κ2) is 8.65. The Bertz CT molecular complexity index is 1230. The lowest BCUT2D eigenvalue weighted by Crippen LogP contribution is -2.24. The molecule has 6 rings (SSSR count). The predicted octanol–water partition coefficient (Wildman–Crippen LogP) is 7.07. The van der Waals surface area contributed by atoms with E-state index in [1.54, 1.807) is 0 Å². The van der Waals surface area contributed by atoms with Gasteiger partial charge in [0.15, 0.2) is 0 Å². The summed E-state index contributed by atoms with van der Waals surface area (Å²) in [6, 6.07) is 35.1. The second-order valence-electron chi connectivity index (χ2n) is 8.97. The molecule has 0 atom stereocenters. The van der Waals surface area contributed by atoms with Gasteiger partial charge in [0.2, 0.25) is 0 Å². The highest BCUT2D eigenvalue weighted by Gasteiger charge is 2.25. The van der Waals surface area contributed by atoms with Crippen molar-refractivity contribution in [2.45, 2.75) is 10.6 Å². The Balaban J connectivity index is 1.19. The SMILES string of the molecule is CN1CN(c2cccc(CSc3cccc(N4CN(C)c5ccccc54)c3)c2)c2ccccc21. The minimum atomic E-state index is 0.876. The van der Waals surface area contributed by atoms with E-state index in [2.05, 4.69) is 131 Å². The molecule has 170 valence electrons. The van der Waals surface area contributed by atoms with Crippen LogP contribution in [0.25, 0.3) is 0 Å². The minimum Gasteiger partial charge on any atom is -0.355 e. The van der Waals surface area contributed by atoms with Gasteiger partial charge in [0.25, 0.3) is 0 Å². The van der Waals surface area contributed by atoms with Gasteiger partial charge in [0.1, 0.15) is 0 Å². The van der Waals surface area contributed by atoms with Gasteiger partial charge in [-0.25, -0.2) is 0 Å². The molecule has 0 unspecified atom stereocenters. The van der Waals surface area contributed by atoms with Crippen molar-refractivity contribution in [2.75, 3.05) is 47.0 Å². The first-order valence-electron chi connectivity index (χ1n) is 11.6. The third-order valence-corrected chi connectivity index (χ3v) is 7.70. The van der Waals surface area contributed by atoms with Gasteiger partial charge in [0, 0.05) is 36.1 Å². The van der Waals surface area contributed by atoms with Gasteiger partial charge < -0.3 is 19.6 Å². The molecule has 4 aromatic rings. The Morgan fingerprint density at radius 1 is 0.588 bits per heavy atom. The van der Waals surface area contributed by atoms with Crippen LogP contribution in [0.1, 0.15) is 5.56 Å². The monoisotopic (exact) mass is 464 g/mol. The van der Waals surface area contributed by atoms with Crippen molar-refractivity contribution in [1.29, 1.82) is 0 Å². The summed E-state index contributed by atoms with van der Waals surface area (Å²) in [6.45, 7) is 1.75. The van der Waals surface area contributed by atoms with Gasteiger partial charge in [-0.1, -0.05) is 42.5 Å². The molecule has 0 radical (unpaired) electrons. The van der Waals surface area contributed by atoms with E-state index < -0.39 is 0 Å². The standard InChI is InChI=1S/C29H28N4S/c1-30-20-32(28-15-5-3-13-26(28)30)23-10-7-9-22(17-23)19-34-25-12-8-11-24(18-25)33-21-31(2)27-14-4-6-16-29(27)33/h3-18H,19-21H2,1-2H3. The molecule has 0 fully saturated rings. The van der Waals surface area contributed by atoms with Crippen LogP contribution in [0, 0.1) is 0 Å². The first-order valence-corrected chi connectivity index (χ1v) is 12.6. The summed E-state index contributed by atoms with van der Waals surface area (Å²) in [5.74, 6) is 0.944. The first kappa shape index (κ1) is 21.0. The molecule has 0 aromatic heterocycles. The number of thioether (sulfide) groups is 1. The van der Waals surface area contributed by atoms with Crippen molar-refractivity contribution in [3.8, 4) is 0 Å². The highest BCUT2D eigenvalue weighted by molar-refractivity contribution is 7.98. The molecule has 0 bridgehead atoms. The maximum absolute atomic E-state index is 2.39. The van der Waals surface area contributed by atoms with E-state index in [1.807, 2.05) is 11.8 Å². The van der Waals surface area contributed by atoms with Gasteiger partial charge >= 0.3 is 0 Å². The van der Waals surface area contributed by atoms with E-state index in [0.717, 1.165) is 19.1 Å². The van der Waals surface area contributed by atoms with Crippen molar-refractivity contribution in [2.24, 2.45) is 0 Å². The maximum Gasteiger partial charge on any atom is 0.0950 e. The van der Waals surface area contributed by atoms with Crippen LogP contribution in [-0.4, -0.2) is 27.4 Å². The number of rotatable bonds is 5. The molecule has 0 aliphatic carbocycles. The van der Waals surface area contributed by atoms with Crippen LogP contribution in [0.2, 0.25) is 0 Å². The lowest BCUT2D eigenvalue weighted by molar-refractivity contribution is 0.948. The number of para-hydroxylation sites is 4. The number of hydrogen-bond donors (Lipinski definition) is 0. The Morgan fingerprint density at radius 2 is 1.12 bits per heavy atom. The van der Waals surface area contributed by atoms with Gasteiger partial charge in [-0.05, 0) is 60.2 Å². The highest BCUT2D eigenvalue weighted by Crippen LogP contribution is 2.41. The van der Waals surface area contributed by atoms with E-state index in [-0.39, 0.29) is 0 Å². The molecule has 2 heterocycles. The molecule has 34 heavy (non-hydrogen) atoms. The van der Waals surface area contributed by atoms with Crippen molar-refractivity contribution in [3.05, 3.63) is 103 Å². The molecule has 0 saturated heterocycles. The van der Waals surface area contributed by atoms with Gasteiger partial charge in [-0.3, -0.25) is 0 Å². The molecule has 0 N–H and O–H groups in total. The summed E-state index contributed by atoms with van der Waals surface area (Å²) < 4.78 is 0. The number of benzene rings is 4. The average Bonchev–Trinajstić information content (AvgIpc) is 3.40. The van der Waals surface area contributed by atoms with Crippen molar-refractivity contribution in [3.63, 3.8) is 0 Å². The topological polar surface area (TPSA) is 13.0 Å². The number of hydrogen-bond acceptors (Lipinski definition) is 5. The van der Waals surface area contributed by atoms with Crippen LogP contribution in [0.4, 0.5) is 34.1 Å². The number of nitrogens with zero attached hydrogens (tertiary/aromatic N) is 4.